The van der Waals surface area contributed by atoms with Gasteiger partial charge in [0.2, 0.25) is 0 Å². The SMILES string of the molecule is CN1CN(C2(c3cccc(C4(c5ccn[nH]5)c5ncccc5-c5cccnc54)c3)c3ncccc3-c3cccnc32)c2nccnc21. The maximum atomic E-state index is 5.12. The molecule has 1 N–H and O–H groups in total. The fourth-order valence-corrected chi connectivity index (χ4v) is 8.09. The Morgan fingerprint density at radius 3 is 1.70 bits per heavy atom. The lowest BCUT2D eigenvalue weighted by Crippen LogP contribution is -2.49. The zero-order chi connectivity index (χ0) is 31.2. The molecule has 2 aliphatic carbocycles. The quantitative estimate of drug-likeness (QED) is 0.283. The number of fused-ring (bicyclic) bond motifs is 7. The number of anilines is 2. The van der Waals surface area contributed by atoms with Gasteiger partial charge in [-0.2, -0.15) is 5.10 Å². The van der Waals surface area contributed by atoms with Crippen molar-refractivity contribution in [3.8, 4) is 22.3 Å². The highest BCUT2D eigenvalue weighted by Gasteiger charge is 2.56. The first-order valence-electron chi connectivity index (χ1n) is 15.5. The summed E-state index contributed by atoms with van der Waals surface area (Å²) < 4.78 is 0. The summed E-state index contributed by atoms with van der Waals surface area (Å²) in [5, 5.41) is 7.74. The van der Waals surface area contributed by atoms with Crippen LogP contribution in [-0.4, -0.2) is 53.8 Å². The third-order valence-corrected chi connectivity index (χ3v) is 9.86. The Kier molecular flexibility index (Phi) is 5.18. The first kappa shape index (κ1) is 26.0. The second-order valence-electron chi connectivity index (χ2n) is 12.1. The lowest BCUT2D eigenvalue weighted by atomic mass is 9.72. The van der Waals surface area contributed by atoms with E-state index >= 15 is 0 Å². The maximum absolute atomic E-state index is 5.12. The molecule has 10 rings (SSSR count). The summed E-state index contributed by atoms with van der Waals surface area (Å²) in [6.07, 6.45) is 12.7. The van der Waals surface area contributed by atoms with E-state index in [0.29, 0.717) is 6.67 Å². The van der Waals surface area contributed by atoms with Crippen LogP contribution in [0.2, 0.25) is 0 Å². The Morgan fingerprint density at radius 2 is 1.11 bits per heavy atom. The van der Waals surface area contributed by atoms with Gasteiger partial charge in [-0.05, 0) is 41.5 Å². The van der Waals surface area contributed by atoms with Crippen LogP contribution in [0.15, 0.2) is 122 Å². The molecule has 6 aromatic heterocycles. The van der Waals surface area contributed by atoms with Gasteiger partial charge >= 0.3 is 0 Å². The van der Waals surface area contributed by atoms with Crippen molar-refractivity contribution in [2.24, 2.45) is 0 Å². The Balaban J connectivity index is 1.32. The first-order valence-corrected chi connectivity index (χ1v) is 15.5. The number of nitrogens with zero attached hydrogens (tertiary/aromatic N) is 9. The van der Waals surface area contributed by atoms with E-state index in [1.165, 1.54) is 0 Å². The number of rotatable bonds is 4. The molecule has 0 fully saturated rings. The normalized spacial score (nSPS) is 15.9. The van der Waals surface area contributed by atoms with E-state index in [1.807, 2.05) is 62.2 Å². The summed E-state index contributed by atoms with van der Waals surface area (Å²) in [6.45, 7) is 0.538. The number of hydrogen-bond donors (Lipinski definition) is 1. The summed E-state index contributed by atoms with van der Waals surface area (Å²) >= 11 is 0. The minimum atomic E-state index is -0.924. The molecular formula is C37H26N10. The molecule has 0 spiro atoms. The Hall–Kier alpha value is -6.29. The molecule has 10 heteroatoms. The van der Waals surface area contributed by atoms with E-state index in [1.54, 1.807) is 18.6 Å². The maximum Gasteiger partial charge on any atom is 0.174 e. The monoisotopic (exact) mass is 610 g/mol. The highest BCUT2D eigenvalue weighted by molar-refractivity contribution is 5.86. The number of hydrogen-bond acceptors (Lipinski definition) is 9. The summed E-state index contributed by atoms with van der Waals surface area (Å²) in [6, 6.07) is 27.2. The summed E-state index contributed by atoms with van der Waals surface area (Å²) in [4.78, 5) is 34.4. The van der Waals surface area contributed by atoms with Crippen LogP contribution < -0.4 is 9.80 Å². The fourth-order valence-electron chi connectivity index (χ4n) is 8.09. The topological polar surface area (TPSA) is 112 Å². The van der Waals surface area contributed by atoms with Crippen LogP contribution in [0.5, 0.6) is 0 Å². The highest BCUT2D eigenvalue weighted by Crippen LogP contribution is 2.58. The van der Waals surface area contributed by atoms with E-state index in [2.05, 4.69) is 68.5 Å². The molecular weight excluding hydrogens is 584 g/mol. The van der Waals surface area contributed by atoms with Crippen molar-refractivity contribution >= 4 is 11.6 Å². The largest absolute Gasteiger partial charge is 0.339 e. The molecule has 7 aromatic rings. The number of aromatic amines is 1. The van der Waals surface area contributed by atoms with Crippen LogP contribution in [0.1, 0.15) is 39.6 Å². The van der Waals surface area contributed by atoms with Crippen LogP contribution in [0.25, 0.3) is 22.3 Å². The Morgan fingerprint density at radius 1 is 0.553 bits per heavy atom. The van der Waals surface area contributed by atoms with Crippen LogP contribution >= 0.6 is 0 Å². The molecule has 7 heterocycles. The molecule has 0 radical (unpaired) electrons. The highest BCUT2D eigenvalue weighted by atomic mass is 15.5. The van der Waals surface area contributed by atoms with Gasteiger partial charge in [0.1, 0.15) is 5.41 Å². The van der Waals surface area contributed by atoms with Crippen molar-refractivity contribution in [3.05, 3.63) is 162 Å². The number of pyridine rings is 4. The third-order valence-electron chi connectivity index (χ3n) is 9.86. The van der Waals surface area contributed by atoms with Crippen molar-refractivity contribution in [1.29, 1.82) is 0 Å². The summed E-state index contributed by atoms with van der Waals surface area (Å²) in [5.41, 5.74) is 8.93. The van der Waals surface area contributed by atoms with E-state index in [4.69, 9.17) is 29.9 Å². The first-order chi connectivity index (χ1) is 23.2. The second-order valence-corrected chi connectivity index (χ2v) is 12.1. The summed E-state index contributed by atoms with van der Waals surface area (Å²) in [7, 11) is 2.04. The minimum absolute atomic E-state index is 0.538. The molecule has 0 atom stereocenters. The molecule has 10 nitrogen and oxygen atoms in total. The Labute approximate surface area is 269 Å². The van der Waals surface area contributed by atoms with Crippen molar-refractivity contribution in [2.45, 2.75) is 11.0 Å². The molecule has 3 aliphatic rings. The predicted octanol–water partition coefficient (Wildman–Crippen LogP) is 5.33. The van der Waals surface area contributed by atoms with Gasteiger partial charge in [-0.25, -0.2) is 9.97 Å². The average Bonchev–Trinajstić information content (AvgIpc) is 3.91. The fraction of sp³-hybridized carbons (Fsp3) is 0.108. The zero-order valence-corrected chi connectivity index (χ0v) is 25.3. The van der Waals surface area contributed by atoms with Crippen molar-refractivity contribution in [2.75, 3.05) is 23.5 Å². The van der Waals surface area contributed by atoms with Crippen LogP contribution in [0.4, 0.5) is 11.6 Å². The van der Waals surface area contributed by atoms with Crippen LogP contribution in [0.3, 0.4) is 0 Å². The zero-order valence-electron chi connectivity index (χ0n) is 25.3. The lowest BCUT2D eigenvalue weighted by molar-refractivity contribution is 0.549. The van der Waals surface area contributed by atoms with E-state index in [9.17, 15) is 0 Å². The average molecular weight is 611 g/mol. The van der Waals surface area contributed by atoms with E-state index in [-0.39, 0.29) is 0 Å². The number of H-pyrrole nitrogens is 1. The van der Waals surface area contributed by atoms with Gasteiger partial charge in [-0.15, -0.1) is 0 Å². The molecule has 47 heavy (non-hydrogen) atoms. The lowest BCUT2D eigenvalue weighted by Gasteiger charge is -2.41. The molecule has 0 saturated heterocycles. The van der Waals surface area contributed by atoms with Gasteiger partial charge in [0, 0.05) is 72.7 Å². The second kappa shape index (κ2) is 9.37. The number of aromatic nitrogens is 8. The molecule has 224 valence electrons. The van der Waals surface area contributed by atoms with Crippen molar-refractivity contribution < 1.29 is 0 Å². The van der Waals surface area contributed by atoms with Gasteiger partial charge in [0.25, 0.3) is 0 Å². The molecule has 0 amide bonds. The van der Waals surface area contributed by atoms with Crippen molar-refractivity contribution in [1.82, 2.24) is 40.1 Å². The number of benzene rings is 1. The number of nitrogens with one attached hydrogen (secondary N) is 1. The van der Waals surface area contributed by atoms with Gasteiger partial charge in [0.05, 0.1) is 35.1 Å². The van der Waals surface area contributed by atoms with Gasteiger partial charge in [-0.3, -0.25) is 25.0 Å². The smallest absolute Gasteiger partial charge is 0.174 e. The predicted molar refractivity (Wildman–Crippen MR) is 177 cm³/mol. The van der Waals surface area contributed by atoms with E-state index in [0.717, 1.165) is 73.5 Å². The van der Waals surface area contributed by atoms with Gasteiger partial charge < -0.3 is 9.80 Å². The summed E-state index contributed by atoms with van der Waals surface area (Å²) in [5.74, 6) is 1.59. The molecule has 0 saturated carbocycles. The van der Waals surface area contributed by atoms with Crippen molar-refractivity contribution in [3.63, 3.8) is 0 Å². The molecule has 1 aromatic carbocycles. The van der Waals surface area contributed by atoms with Crippen LogP contribution in [0, 0.1) is 0 Å². The standard InChI is InChI=1S/C37H26N10/c1-46-22-47(35-34(46)42-19-20-43-35)37(32-27(11-5-16-40-32)28-12-6-17-41-33(28)37)24-8-2-7-23(21-24)36(29-13-18-44-45-29)30-25(9-3-14-38-30)26-10-4-15-39-31(26)36/h2-21H,22H2,1H3,(H,44,45). The third kappa shape index (κ3) is 3.16. The van der Waals surface area contributed by atoms with Crippen LogP contribution in [-0.2, 0) is 11.0 Å². The van der Waals surface area contributed by atoms with Gasteiger partial charge in [-0.1, -0.05) is 48.5 Å². The van der Waals surface area contributed by atoms with Gasteiger partial charge in [0.15, 0.2) is 17.2 Å². The Bertz CT molecular complexity index is 2260. The minimum Gasteiger partial charge on any atom is -0.339 e. The molecule has 1 aliphatic heterocycles. The molecule has 0 unspecified atom stereocenters. The van der Waals surface area contributed by atoms with E-state index < -0.39 is 11.0 Å². The molecule has 0 bridgehead atoms.